The van der Waals surface area contributed by atoms with Crippen LogP contribution >= 0.6 is 11.3 Å². The zero-order chi connectivity index (χ0) is 14.9. The number of hydrogen-bond donors (Lipinski definition) is 2. The minimum absolute atomic E-state index is 0.0118. The van der Waals surface area contributed by atoms with Gasteiger partial charge in [0.15, 0.2) is 0 Å². The Labute approximate surface area is 118 Å². The molecule has 5 nitrogen and oxygen atoms in total. The number of nitrogens with one attached hydrogen (secondary N) is 1. The maximum atomic E-state index is 13.4. The summed E-state index contributed by atoms with van der Waals surface area (Å²) in [6.07, 6.45) is 0. The predicted molar refractivity (Wildman–Crippen MR) is 73.2 cm³/mol. The number of sulfonamides is 1. The molecule has 0 bridgehead atoms. The SMILES string of the molecule is Cc1ccc(S(=O)(=O)Nc2ccc(C(=O)O)s2)cc1F. The summed E-state index contributed by atoms with van der Waals surface area (Å²) in [5, 5.41) is 8.92. The molecule has 0 aliphatic heterocycles. The fourth-order valence-corrected chi connectivity index (χ4v) is 3.49. The van der Waals surface area contributed by atoms with Crippen LogP contribution in [0.4, 0.5) is 9.39 Å². The molecular formula is C12H10FNO4S2. The number of aromatic carboxylic acids is 1. The molecular weight excluding hydrogens is 305 g/mol. The first-order valence-electron chi connectivity index (χ1n) is 5.42. The molecule has 0 amide bonds. The number of anilines is 1. The number of hydrogen-bond acceptors (Lipinski definition) is 4. The maximum absolute atomic E-state index is 13.4. The molecule has 2 rings (SSSR count). The summed E-state index contributed by atoms with van der Waals surface area (Å²) in [4.78, 5) is 10.5. The summed E-state index contributed by atoms with van der Waals surface area (Å²) in [5.74, 6) is -1.76. The van der Waals surface area contributed by atoms with E-state index in [4.69, 9.17) is 5.11 Å². The Hall–Kier alpha value is -1.93. The zero-order valence-corrected chi connectivity index (χ0v) is 11.9. The fraction of sp³-hybridized carbons (Fsp3) is 0.0833. The van der Waals surface area contributed by atoms with Crippen LogP contribution in [0.15, 0.2) is 35.2 Å². The van der Waals surface area contributed by atoms with Crippen molar-refractivity contribution in [2.24, 2.45) is 0 Å². The first kappa shape index (κ1) is 14.5. The van der Waals surface area contributed by atoms with Crippen molar-refractivity contribution in [1.29, 1.82) is 0 Å². The van der Waals surface area contributed by atoms with E-state index in [1.54, 1.807) is 0 Å². The van der Waals surface area contributed by atoms with Gasteiger partial charge in [-0.15, -0.1) is 11.3 Å². The molecule has 0 aliphatic rings. The number of carboxylic acid groups (broad SMARTS) is 1. The highest BCUT2D eigenvalue weighted by atomic mass is 32.2. The number of carboxylic acids is 1. The Kier molecular flexibility index (Phi) is 3.78. The van der Waals surface area contributed by atoms with Crippen molar-refractivity contribution < 1.29 is 22.7 Å². The van der Waals surface area contributed by atoms with Gasteiger partial charge >= 0.3 is 5.97 Å². The third kappa shape index (κ3) is 2.97. The summed E-state index contributed by atoms with van der Waals surface area (Å²) < 4.78 is 39.7. The molecule has 0 unspecified atom stereocenters. The van der Waals surface area contributed by atoms with Crippen molar-refractivity contribution in [3.05, 3.63) is 46.6 Å². The lowest BCUT2D eigenvalue weighted by atomic mass is 10.2. The topological polar surface area (TPSA) is 83.5 Å². The van der Waals surface area contributed by atoms with Crippen LogP contribution in [0.1, 0.15) is 15.2 Å². The lowest BCUT2D eigenvalue weighted by Crippen LogP contribution is -2.12. The molecule has 1 aromatic carbocycles. The average Bonchev–Trinajstić information content (AvgIpc) is 2.80. The van der Waals surface area contributed by atoms with Gasteiger partial charge < -0.3 is 5.11 Å². The van der Waals surface area contributed by atoms with Gasteiger partial charge in [-0.05, 0) is 36.8 Å². The van der Waals surface area contributed by atoms with Gasteiger partial charge in [0.25, 0.3) is 10.0 Å². The van der Waals surface area contributed by atoms with E-state index in [1.807, 2.05) is 0 Å². The minimum Gasteiger partial charge on any atom is -0.477 e. The molecule has 2 N–H and O–H groups in total. The molecule has 1 aromatic heterocycles. The third-order valence-electron chi connectivity index (χ3n) is 2.51. The van der Waals surface area contributed by atoms with Crippen molar-refractivity contribution in [2.45, 2.75) is 11.8 Å². The highest BCUT2D eigenvalue weighted by Crippen LogP contribution is 2.25. The van der Waals surface area contributed by atoms with Gasteiger partial charge in [-0.2, -0.15) is 0 Å². The van der Waals surface area contributed by atoms with E-state index in [0.717, 1.165) is 17.4 Å². The van der Waals surface area contributed by atoms with E-state index in [9.17, 15) is 17.6 Å². The van der Waals surface area contributed by atoms with Gasteiger partial charge in [-0.1, -0.05) is 6.07 Å². The van der Waals surface area contributed by atoms with Crippen molar-refractivity contribution in [3.63, 3.8) is 0 Å². The van der Waals surface area contributed by atoms with Gasteiger partial charge in [-0.3, -0.25) is 4.72 Å². The minimum atomic E-state index is -3.94. The third-order valence-corrected chi connectivity index (χ3v) is 4.99. The summed E-state index contributed by atoms with van der Waals surface area (Å²) in [6.45, 7) is 1.53. The van der Waals surface area contributed by atoms with E-state index < -0.39 is 21.8 Å². The Balaban J connectivity index is 2.30. The van der Waals surface area contributed by atoms with E-state index in [0.29, 0.717) is 5.56 Å². The highest BCUT2D eigenvalue weighted by Gasteiger charge is 2.17. The molecule has 0 saturated carbocycles. The molecule has 106 valence electrons. The quantitative estimate of drug-likeness (QED) is 0.908. The molecule has 8 heteroatoms. The molecule has 0 radical (unpaired) electrons. The second kappa shape index (κ2) is 5.22. The molecule has 0 aliphatic carbocycles. The molecule has 0 atom stereocenters. The van der Waals surface area contributed by atoms with Crippen LogP contribution in [0.2, 0.25) is 0 Å². The Morgan fingerprint density at radius 3 is 2.55 bits per heavy atom. The molecule has 0 saturated heterocycles. The summed E-state index contributed by atoms with van der Waals surface area (Å²) in [6, 6.07) is 6.20. The van der Waals surface area contributed by atoms with E-state index in [2.05, 4.69) is 4.72 Å². The highest BCUT2D eigenvalue weighted by molar-refractivity contribution is 7.93. The normalized spacial score (nSPS) is 11.3. The number of carbonyl (C=O) groups is 1. The summed E-state index contributed by atoms with van der Waals surface area (Å²) in [7, 11) is -3.94. The number of thiophene rings is 1. The van der Waals surface area contributed by atoms with Crippen molar-refractivity contribution in [2.75, 3.05) is 4.72 Å². The maximum Gasteiger partial charge on any atom is 0.345 e. The molecule has 1 heterocycles. The van der Waals surface area contributed by atoms with E-state index in [-0.39, 0.29) is 14.8 Å². The fourth-order valence-electron chi connectivity index (χ4n) is 1.44. The number of halogens is 1. The Morgan fingerprint density at radius 1 is 1.30 bits per heavy atom. The van der Waals surface area contributed by atoms with Crippen LogP contribution < -0.4 is 4.72 Å². The van der Waals surface area contributed by atoms with Gasteiger partial charge in [-0.25, -0.2) is 17.6 Å². The lowest BCUT2D eigenvalue weighted by molar-refractivity contribution is 0.0702. The van der Waals surface area contributed by atoms with Crippen molar-refractivity contribution in [3.8, 4) is 0 Å². The summed E-state index contributed by atoms with van der Waals surface area (Å²) >= 11 is 0.786. The van der Waals surface area contributed by atoms with Crippen LogP contribution in [0.25, 0.3) is 0 Å². The predicted octanol–water partition coefficient (Wildman–Crippen LogP) is 2.69. The van der Waals surface area contributed by atoms with Crippen molar-refractivity contribution in [1.82, 2.24) is 0 Å². The van der Waals surface area contributed by atoms with E-state index >= 15 is 0 Å². The monoisotopic (exact) mass is 315 g/mol. The van der Waals surface area contributed by atoms with Crippen LogP contribution in [0.5, 0.6) is 0 Å². The number of benzene rings is 1. The zero-order valence-electron chi connectivity index (χ0n) is 10.3. The molecule has 0 spiro atoms. The smallest absolute Gasteiger partial charge is 0.345 e. The van der Waals surface area contributed by atoms with Crippen LogP contribution in [-0.4, -0.2) is 19.5 Å². The second-order valence-electron chi connectivity index (χ2n) is 3.99. The standard InChI is InChI=1S/C12H10FNO4S2/c1-7-2-3-8(6-9(7)13)20(17,18)14-11-5-4-10(19-11)12(15)16/h2-6,14H,1H3,(H,15,16). The molecule has 0 fully saturated rings. The average molecular weight is 315 g/mol. The van der Waals surface area contributed by atoms with Crippen molar-refractivity contribution >= 4 is 32.3 Å². The Bertz CT molecular complexity index is 768. The first-order valence-corrected chi connectivity index (χ1v) is 7.71. The largest absolute Gasteiger partial charge is 0.477 e. The molecule has 20 heavy (non-hydrogen) atoms. The Morgan fingerprint density at radius 2 is 2.00 bits per heavy atom. The molecule has 2 aromatic rings. The first-order chi connectivity index (χ1) is 9.29. The van der Waals surface area contributed by atoms with Gasteiger partial charge in [0, 0.05) is 0 Å². The van der Waals surface area contributed by atoms with Gasteiger partial charge in [0.2, 0.25) is 0 Å². The van der Waals surface area contributed by atoms with Crippen LogP contribution in [0, 0.1) is 12.7 Å². The summed E-state index contributed by atoms with van der Waals surface area (Å²) in [5.41, 5.74) is 0.341. The van der Waals surface area contributed by atoms with Crippen LogP contribution in [-0.2, 0) is 10.0 Å². The van der Waals surface area contributed by atoms with Crippen LogP contribution in [0.3, 0.4) is 0 Å². The lowest BCUT2D eigenvalue weighted by Gasteiger charge is -2.06. The number of rotatable bonds is 4. The van der Waals surface area contributed by atoms with Gasteiger partial charge in [0.05, 0.1) is 4.90 Å². The van der Waals surface area contributed by atoms with E-state index in [1.165, 1.54) is 31.2 Å². The number of aryl methyl sites for hydroxylation is 1. The second-order valence-corrected chi connectivity index (χ2v) is 6.75. The van der Waals surface area contributed by atoms with Gasteiger partial charge in [0.1, 0.15) is 15.7 Å².